The van der Waals surface area contributed by atoms with Gasteiger partial charge >= 0.3 is 0 Å². The molecule has 230 valence electrons. The van der Waals surface area contributed by atoms with Crippen LogP contribution in [0.15, 0.2) is 77.7 Å². The number of carbonyl (C=O) groups is 2. The number of anilines is 1. The van der Waals surface area contributed by atoms with Crippen LogP contribution in [0.2, 0.25) is 0 Å². The van der Waals surface area contributed by atoms with Gasteiger partial charge in [-0.15, -0.1) is 0 Å². The van der Waals surface area contributed by atoms with Gasteiger partial charge in [-0.3, -0.25) is 13.9 Å². The Morgan fingerprint density at radius 1 is 0.953 bits per heavy atom. The van der Waals surface area contributed by atoms with Gasteiger partial charge in [0.05, 0.1) is 17.2 Å². The summed E-state index contributed by atoms with van der Waals surface area (Å²) in [6.07, 6.45) is 5.01. The lowest BCUT2D eigenvalue weighted by atomic mass is 9.95. The normalized spacial score (nSPS) is 14.5. The number of sulfonamides is 1. The molecule has 1 aliphatic rings. The molecule has 1 aliphatic carbocycles. The van der Waals surface area contributed by atoms with E-state index in [1.54, 1.807) is 19.1 Å². The quantitative estimate of drug-likeness (QED) is 0.289. The highest BCUT2D eigenvalue weighted by Gasteiger charge is 2.33. The summed E-state index contributed by atoms with van der Waals surface area (Å²) in [7, 11) is -4.27. The molecule has 0 radical (unpaired) electrons. The number of halogens is 1. The van der Waals surface area contributed by atoms with Crippen LogP contribution in [-0.4, -0.2) is 50.4 Å². The Bertz CT molecular complexity index is 1470. The van der Waals surface area contributed by atoms with Gasteiger partial charge in [-0.2, -0.15) is 0 Å². The Morgan fingerprint density at radius 3 is 2.19 bits per heavy atom. The van der Waals surface area contributed by atoms with Crippen LogP contribution in [0.4, 0.5) is 10.1 Å². The number of carbonyl (C=O) groups excluding carboxylic acids is 2. The first-order valence-electron chi connectivity index (χ1n) is 14.7. The van der Waals surface area contributed by atoms with E-state index in [1.807, 2.05) is 38.1 Å². The molecule has 1 atom stereocenters. The fourth-order valence-electron chi connectivity index (χ4n) is 5.18. The summed E-state index contributed by atoms with van der Waals surface area (Å²) in [5.74, 6) is -0.879. The third-order valence-electron chi connectivity index (χ3n) is 7.71. The average Bonchev–Trinajstić information content (AvgIpc) is 3.00. The fraction of sp³-hybridized carbons (Fsp3) is 0.394. The summed E-state index contributed by atoms with van der Waals surface area (Å²) in [4.78, 5) is 28.8. The molecule has 0 bridgehead atoms. The molecule has 0 aromatic heterocycles. The Balaban J connectivity index is 1.66. The topological polar surface area (TPSA) is 96.0 Å². The molecule has 0 heterocycles. The molecule has 4 rings (SSSR count). The molecule has 1 saturated carbocycles. The molecule has 1 fully saturated rings. The molecule has 10 heteroatoms. The minimum absolute atomic E-state index is 0.0516. The molecular formula is C33H40FN3O5S. The first-order valence-corrected chi connectivity index (χ1v) is 16.2. The van der Waals surface area contributed by atoms with Crippen molar-refractivity contribution >= 4 is 27.5 Å². The van der Waals surface area contributed by atoms with Crippen molar-refractivity contribution in [2.45, 2.75) is 76.4 Å². The van der Waals surface area contributed by atoms with Crippen LogP contribution < -0.4 is 14.4 Å². The van der Waals surface area contributed by atoms with Crippen molar-refractivity contribution in [1.29, 1.82) is 0 Å². The van der Waals surface area contributed by atoms with E-state index < -0.39 is 34.3 Å². The predicted molar refractivity (Wildman–Crippen MR) is 165 cm³/mol. The highest BCUT2D eigenvalue weighted by atomic mass is 32.2. The Labute approximate surface area is 253 Å². The summed E-state index contributed by atoms with van der Waals surface area (Å²) in [5.41, 5.74) is 1.98. The smallest absolute Gasteiger partial charge is 0.264 e. The second-order valence-electron chi connectivity index (χ2n) is 10.9. The molecule has 8 nitrogen and oxygen atoms in total. The number of hydrogen-bond acceptors (Lipinski definition) is 5. The van der Waals surface area contributed by atoms with Crippen molar-refractivity contribution in [3.63, 3.8) is 0 Å². The van der Waals surface area contributed by atoms with Crippen molar-refractivity contribution in [1.82, 2.24) is 10.2 Å². The van der Waals surface area contributed by atoms with E-state index in [1.165, 1.54) is 29.2 Å². The molecule has 3 aromatic carbocycles. The van der Waals surface area contributed by atoms with Crippen LogP contribution in [0.25, 0.3) is 0 Å². The number of rotatable bonds is 12. The van der Waals surface area contributed by atoms with E-state index in [0.29, 0.717) is 12.4 Å². The standard InChI is InChI=1S/C33H40FN3O5S/c1-4-42-30-18-20-31(21-19-30)43(40,41)37(29-16-14-27(34)15-17-29)23-32(38)36(22-26-12-10-24(2)11-13-26)25(3)33(39)35-28-8-6-5-7-9-28/h10-21,25,28H,4-9,22-23H2,1-3H3,(H,35,39). The van der Waals surface area contributed by atoms with E-state index in [2.05, 4.69) is 5.32 Å². The van der Waals surface area contributed by atoms with Gasteiger partial charge in [0.1, 0.15) is 24.2 Å². The van der Waals surface area contributed by atoms with Crippen LogP contribution in [0.5, 0.6) is 5.75 Å². The third-order valence-corrected chi connectivity index (χ3v) is 9.50. The molecule has 0 spiro atoms. The third kappa shape index (κ3) is 8.34. The van der Waals surface area contributed by atoms with Crippen LogP contribution in [0, 0.1) is 12.7 Å². The second-order valence-corrected chi connectivity index (χ2v) is 12.8. The van der Waals surface area contributed by atoms with E-state index in [4.69, 9.17) is 4.74 Å². The van der Waals surface area contributed by atoms with Crippen LogP contribution in [0.1, 0.15) is 57.1 Å². The van der Waals surface area contributed by atoms with E-state index in [-0.39, 0.29) is 29.1 Å². The lowest BCUT2D eigenvalue weighted by molar-refractivity contribution is -0.139. The first kappa shape index (κ1) is 32.0. The molecule has 0 saturated heterocycles. The predicted octanol–water partition coefficient (Wildman–Crippen LogP) is 5.59. The van der Waals surface area contributed by atoms with Crippen molar-refractivity contribution < 1.29 is 27.1 Å². The fourth-order valence-corrected chi connectivity index (χ4v) is 6.59. The van der Waals surface area contributed by atoms with Crippen LogP contribution in [0.3, 0.4) is 0 Å². The van der Waals surface area contributed by atoms with Gasteiger partial charge in [0.25, 0.3) is 10.0 Å². The Kier molecular flexibility index (Phi) is 10.8. The zero-order valence-corrected chi connectivity index (χ0v) is 25.8. The van der Waals surface area contributed by atoms with Gasteiger partial charge < -0.3 is 15.0 Å². The maximum Gasteiger partial charge on any atom is 0.264 e. The van der Waals surface area contributed by atoms with E-state index >= 15 is 0 Å². The highest BCUT2D eigenvalue weighted by molar-refractivity contribution is 7.92. The number of aryl methyl sites for hydroxylation is 1. The average molecular weight is 610 g/mol. The summed E-state index contributed by atoms with van der Waals surface area (Å²) in [5, 5.41) is 3.09. The van der Waals surface area contributed by atoms with Crippen molar-refractivity contribution in [3.8, 4) is 5.75 Å². The largest absolute Gasteiger partial charge is 0.494 e. The maximum absolute atomic E-state index is 14.1. The zero-order valence-electron chi connectivity index (χ0n) is 25.0. The van der Waals surface area contributed by atoms with Gasteiger partial charge in [0.15, 0.2) is 0 Å². The summed E-state index contributed by atoms with van der Waals surface area (Å²) >= 11 is 0. The lowest BCUT2D eigenvalue weighted by Gasteiger charge is -2.33. The van der Waals surface area contributed by atoms with Gasteiger partial charge in [-0.25, -0.2) is 12.8 Å². The number of ether oxygens (including phenoxy) is 1. The molecule has 1 unspecified atom stereocenters. The molecular weight excluding hydrogens is 569 g/mol. The highest BCUT2D eigenvalue weighted by Crippen LogP contribution is 2.26. The maximum atomic E-state index is 14.1. The van der Waals surface area contributed by atoms with Crippen LogP contribution >= 0.6 is 0 Å². The molecule has 43 heavy (non-hydrogen) atoms. The summed E-state index contributed by atoms with van der Waals surface area (Å²) in [6.45, 7) is 5.39. The van der Waals surface area contributed by atoms with E-state index in [0.717, 1.165) is 59.7 Å². The zero-order chi connectivity index (χ0) is 31.0. The lowest BCUT2D eigenvalue weighted by Crippen LogP contribution is -2.53. The van der Waals surface area contributed by atoms with Crippen molar-refractivity contribution in [2.24, 2.45) is 0 Å². The minimum Gasteiger partial charge on any atom is -0.494 e. The summed E-state index contributed by atoms with van der Waals surface area (Å²) < 4.78 is 48.1. The summed E-state index contributed by atoms with van der Waals surface area (Å²) in [6, 6.07) is 17.6. The Morgan fingerprint density at radius 2 is 1.58 bits per heavy atom. The van der Waals surface area contributed by atoms with Crippen molar-refractivity contribution in [2.75, 3.05) is 17.5 Å². The minimum atomic E-state index is -4.27. The molecule has 1 N–H and O–H groups in total. The van der Waals surface area contributed by atoms with Crippen molar-refractivity contribution in [3.05, 3.63) is 89.7 Å². The first-order chi connectivity index (χ1) is 20.6. The SMILES string of the molecule is CCOc1ccc(S(=O)(=O)N(CC(=O)N(Cc2ccc(C)cc2)C(C)C(=O)NC2CCCCC2)c2ccc(F)cc2)cc1. The van der Waals surface area contributed by atoms with Gasteiger partial charge in [0, 0.05) is 12.6 Å². The van der Waals surface area contributed by atoms with E-state index in [9.17, 15) is 22.4 Å². The molecule has 3 aromatic rings. The monoisotopic (exact) mass is 609 g/mol. The van der Waals surface area contributed by atoms with Gasteiger partial charge in [0.2, 0.25) is 11.8 Å². The number of hydrogen-bond donors (Lipinski definition) is 1. The van der Waals surface area contributed by atoms with Gasteiger partial charge in [-0.05, 0) is 87.7 Å². The second kappa shape index (κ2) is 14.5. The number of nitrogens with one attached hydrogen (secondary N) is 1. The van der Waals surface area contributed by atoms with Crippen LogP contribution in [-0.2, 0) is 26.2 Å². The molecule has 2 amide bonds. The number of nitrogens with zero attached hydrogens (tertiary/aromatic N) is 2. The number of benzene rings is 3. The van der Waals surface area contributed by atoms with Gasteiger partial charge in [-0.1, -0.05) is 49.1 Å². The number of amides is 2. The Hall–Kier alpha value is -3.92. The molecule has 0 aliphatic heterocycles.